The molecule has 1 atom stereocenters. The predicted octanol–water partition coefficient (Wildman–Crippen LogP) is 4.46. The van der Waals surface area contributed by atoms with E-state index < -0.39 is 23.6 Å². The van der Waals surface area contributed by atoms with E-state index in [9.17, 15) is 18.4 Å². The molecule has 1 heterocycles. The third kappa shape index (κ3) is 4.56. The summed E-state index contributed by atoms with van der Waals surface area (Å²) in [5.74, 6) is -1.57. The number of aldehydes is 1. The summed E-state index contributed by atoms with van der Waals surface area (Å²) in [6.45, 7) is 1.75. The number of halogens is 2. The van der Waals surface area contributed by atoms with E-state index in [0.717, 1.165) is 24.1 Å². The summed E-state index contributed by atoms with van der Waals surface area (Å²) >= 11 is 0. The van der Waals surface area contributed by atoms with E-state index in [2.05, 4.69) is 10.3 Å². The van der Waals surface area contributed by atoms with Crippen molar-refractivity contribution < 1.29 is 23.1 Å². The molecule has 2 aromatic carbocycles. The lowest BCUT2D eigenvalue weighted by atomic mass is 10.1. The van der Waals surface area contributed by atoms with Gasteiger partial charge in [0.05, 0.1) is 12.2 Å². The lowest BCUT2D eigenvalue weighted by molar-refractivity contribution is 0.0936. The molecule has 1 N–H and O–H groups in total. The zero-order valence-electron chi connectivity index (χ0n) is 14.9. The standard InChI is InChI=1S/C21H16F2N2O3/c1-13(15-4-2-14(12-26)3-5-15)25-20(27)19-10-17(23)11-24-21(19)28-18-8-6-16(22)7-9-18/h2-13H,1H3,(H,25,27)/t13-/m0/s1. The first-order chi connectivity index (χ1) is 13.5. The number of nitrogens with one attached hydrogen (secondary N) is 1. The maximum absolute atomic E-state index is 13.7. The van der Waals surface area contributed by atoms with E-state index in [1.807, 2.05) is 0 Å². The van der Waals surface area contributed by atoms with E-state index in [-0.39, 0.29) is 17.2 Å². The topological polar surface area (TPSA) is 68.3 Å². The number of pyridine rings is 1. The quantitative estimate of drug-likeness (QED) is 0.640. The molecule has 0 bridgehead atoms. The zero-order valence-corrected chi connectivity index (χ0v) is 14.9. The number of ether oxygens (including phenoxy) is 1. The number of amides is 1. The molecule has 0 aliphatic heterocycles. The second-order valence-electron chi connectivity index (χ2n) is 6.04. The van der Waals surface area contributed by atoms with E-state index in [4.69, 9.17) is 4.74 Å². The van der Waals surface area contributed by atoms with Crippen LogP contribution < -0.4 is 10.1 Å². The number of nitrogens with zero attached hydrogens (tertiary/aromatic N) is 1. The van der Waals surface area contributed by atoms with Crippen LogP contribution in [0, 0.1) is 11.6 Å². The number of carbonyl (C=O) groups is 2. The summed E-state index contributed by atoms with van der Waals surface area (Å²) in [7, 11) is 0. The SMILES string of the molecule is C[C@H](NC(=O)c1cc(F)cnc1Oc1ccc(F)cc1)c1ccc(C=O)cc1. The number of hydrogen-bond acceptors (Lipinski definition) is 4. The molecule has 142 valence electrons. The van der Waals surface area contributed by atoms with Crippen molar-refractivity contribution in [2.24, 2.45) is 0 Å². The van der Waals surface area contributed by atoms with Crippen LogP contribution in [0.5, 0.6) is 11.6 Å². The van der Waals surface area contributed by atoms with Crippen LogP contribution in [0.25, 0.3) is 0 Å². The predicted molar refractivity (Wildman–Crippen MR) is 98.4 cm³/mol. The molecule has 0 aliphatic rings. The van der Waals surface area contributed by atoms with Crippen LogP contribution >= 0.6 is 0 Å². The lowest BCUT2D eigenvalue weighted by Gasteiger charge is -2.16. The molecule has 7 heteroatoms. The largest absolute Gasteiger partial charge is 0.438 e. The van der Waals surface area contributed by atoms with Gasteiger partial charge in [0, 0.05) is 5.56 Å². The Morgan fingerprint density at radius 2 is 1.75 bits per heavy atom. The maximum atomic E-state index is 13.7. The average molecular weight is 382 g/mol. The number of rotatable bonds is 6. The van der Waals surface area contributed by atoms with Gasteiger partial charge in [-0.15, -0.1) is 0 Å². The Morgan fingerprint density at radius 3 is 2.39 bits per heavy atom. The second kappa shape index (κ2) is 8.39. The molecule has 0 saturated heterocycles. The fourth-order valence-electron chi connectivity index (χ4n) is 2.51. The zero-order chi connectivity index (χ0) is 20.1. The van der Waals surface area contributed by atoms with Crippen LogP contribution in [0.2, 0.25) is 0 Å². The lowest BCUT2D eigenvalue weighted by Crippen LogP contribution is -2.27. The third-order valence-corrected chi connectivity index (χ3v) is 4.01. The van der Waals surface area contributed by atoms with Crippen molar-refractivity contribution >= 4 is 12.2 Å². The van der Waals surface area contributed by atoms with E-state index in [1.165, 1.54) is 24.3 Å². The van der Waals surface area contributed by atoms with Gasteiger partial charge >= 0.3 is 0 Å². The van der Waals surface area contributed by atoms with Crippen LogP contribution in [0.4, 0.5) is 8.78 Å². The molecule has 0 radical (unpaired) electrons. The van der Waals surface area contributed by atoms with Crippen molar-refractivity contribution in [2.75, 3.05) is 0 Å². The Labute approximate surface area is 160 Å². The molecule has 0 aliphatic carbocycles. The van der Waals surface area contributed by atoms with Crippen LogP contribution in [-0.4, -0.2) is 17.2 Å². The van der Waals surface area contributed by atoms with Gasteiger partial charge in [0.2, 0.25) is 5.88 Å². The summed E-state index contributed by atoms with van der Waals surface area (Å²) < 4.78 is 32.2. The second-order valence-corrected chi connectivity index (χ2v) is 6.04. The third-order valence-electron chi connectivity index (χ3n) is 4.01. The summed E-state index contributed by atoms with van der Waals surface area (Å²) in [5.41, 5.74) is 1.19. The molecule has 1 aromatic heterocycles. The van der Waals surface area contributed by atoms with Crippen LogP contribution in [0.1, 0.15) is 39.2 Å². The van der Waals surface area contributed by atoms with Gasteiger partial charge in [-0.05, 0) is 42.8 Å². The molecule has 0 spiro atoms. The van der Waals surface area contributed by atoms with Crippen LogP contribution in [-0.2, 0) is 0 Å². The molecule has 5 nitrogen and oxygen atoms in total. The Bertz CT molecular complexity index is 990. The van der Waals surface area contributed by atoms with Crippen molar-refractivity contribution in [3.8, 4) is 11.6 Å². The smallest absolute Gasteiger partial charge is 0.257 e. The van der Waals surface area contributed by atoms with Crippen molar-refractivity contribution in [3.63, 3.8) is 0 Å². The van der Waals surface area contributed by atoms with Gasteiger partial charge in [0.1, 0.15) is 29.2 Å². The van der Waals surface area contributed by atoms with Crippen LogP contribution in [0.3, 0.4) is 0 Å². The highest BCUT2D eigenvalue weighted by molar-refractivity contribution is 5.96. The maximum Gasteiger partial charge on any atom is 0.257 e. The molecular formula is C21H16F2N2O3. The first kappa shape index (κ1) is 19.2. The highest BCUT2D eigenvalue weighted by atomic mass is 19.1. The van der Waals surface area contributed by atoms with Gasteiger partial charge in [0.25, 0.3) is 5.91 Å². The molecule has 0 fully saturated rings. The van der Waals surface area contributed by atoms with Gasteiger partial charge in [-0.2, -0.15) is 0 Å². The number of carbonyl (C=O) groups excluding carboxylic acids is 2. The Kier molecular flexibility index (Phi) is 5.74. The molecular weight excluding hydrogens is 366 g/mol. The van der Waals surface area contributed by atoms with Gasteiger partial charge in [0.15, 0.2) is 0 Å². The minimum Gasteiger partial charge on any atom is -0.438 e. The summed E-state index contributed by atoms with van der Waals surface area (Å²) in [5, 5.41) is 2.74. The van der Waals surface area contributed by atoms with Gasteiger partial charge < -0.3 is 10.1 Å². The molecule has 0 saturated carbocycles. The highest BCUT2D eigenvalue weighted by Gasteiger charge is 2.19. The molecule has 3 rings (SSSR count). The normalized spacial score (nSPS) is 11.5. The fourth-order valence-corrected chi connectivity index (χ4v) is 2.51. The van der Waals surface area contributed by atoms with E-state index in [1.54, 1.807) is 31.2 Å². The van der Waals surface area contributed by atoms with Gasteiger partial charge in [-0.3, -0.25) is 9.59 Å². The summed E-state index contributed by atoms with van der Waals surface area (Å²) in [4.78, 5) is 27.2. The summed E-state index contributed by atoms with van der Waals surface area (Å²) in [6.07, 6.45) is 1.65. The van der Waals surface area contributed by atoms with Crippen LogP contribution in [0.15, 0.2) is 60.8 Å². The Morgan fingerprint density at radius 1 is 1.07 bits per heavy atom. The summed E-state index contributed by atoms with van der Waals surface area (Å²) in [6, 6.07) is 12.5. The van der Waals surface area contributed by atoms with Gasteiger partial charge in [-0.1, -0.05) is 24.3 Å². The average Bonchev–Trinajstić information content (AvgIpc) is 2.71. The number of benzene rings is 2. The fraction of sp³-hybridized carbons (Fsp3) is 0.0952. The first-order valence-corrected chi connectivity index (χ1v) is 8.41. The Hall–Kier alpha value is -3.61. The molecule has 1 amide bonds. The van der Waals surface area contributed by atoms with Crippen molar-refractivity contribution in [1.82, 2.24) is 10.3 Å². The van der Waals surface area contributed by atoms with Gasteiger partial charge in [-0.25, -0.2) is 13.8 Å². The minimum atomic E-state index is -0.695. The van der Waals surface area contributed by atoms with Crippen molar-refractivity contribution in [1.29, 1.82) is 0 Å². The molecule has 3 aromatic rings. The first-order valence-electron chi connectivity index (χ1n) is 8.41. The minimum absolute atomic E-state index is 0.0966. The van der Waals surface area contributed by atoms with Crippen molar-refractivity contribution in [3.05, 3.63) is 89.1 Å². The number of hydrogen-bond donors (Lipinski definition) is 1. The Balaban J connectivity index is 1.80. The molecule has 28 heavy (non-hydrogen) atoms. The van der Waals surface area contributed by atoms with E-state index in [0.29, 0.717) is 5.56 Å². The highest BCUT2D eigenvalue weighted by Crippen LogP contribution is 2.25. The number of aromatic nitrogens is 1. The monoisotopic (exact) mass is 382 g/mol. The van der Waals surface area contributed by atoms with E-state index >= 15 is 0 Å². The van der Waals surface area contributed by atoms with Crippen molar-refractivity contribution in [2.45, 2.75) is 13.0 Å². The molecule has 0 unspecified atom stereocenters.